The Hall–Kier alpha value is -2.85. The van der Waals surface area contributed by atoms with Crippen molar-refractivity contribution in [1.82, 2.24) is 20.0 Å². The Morgan fingerprint density at radius 2 is 1.77 bits per heavy atom. The molecule has 0 radical (unpaired) electrons. The minimum atomic E-state index is -0.342. The molecule has 2 aliphatic heterocycles. The Labute approximate surface area is 209 Å². The molecule has 3 heterocycles. The molecule has 1 aromatic heterocycles. The van der Waals surface area contributed by atoms with Gasteiger partial charge in [-0.25, -0.2) is 0 Å². The van der Waals surface area contributed by atoms with Crippen molar-refractivity contribution in [3.8, 4) is 0 Å². The van der Waals surface area contributed by atoms with Gasteiger partial charge >= 0.3 is 0 Å². The summed E-state index contributed by atoms with van der Waals surface area (Å²) in [4.78, 5) is 43.8. The Bertz CT molecular complexity index is 1110. The molecule has 0 bridgehead atoms. The first-order chi connectivity index (χ1) is 17.1. The van der Waals surface area contributed by atoms with Gasteiger partial charge in [0, 0.05) is 57.9 Å². The van der Waals surface area contributed by atoms with Crippen molar-refractivity contribution in [2.75, 3.05) is 51.3 Å². The van der Waals surface area contributed by atoms with E-state index in [2.05, 4.69) is 15.1 Å². The molecule has 1 aliphatic carbocycles. The lowest BCUT2D eigenvalue weighted by Gasteiger charge is -2.34. The fourth-order valence-electron chi connectivity index (χ4n) is 5.15. The molecule has 186 valence electrons. The Kier molecular flexibility index (Phi) is 7.10. The molecule has 0 unspecified atom stereocenters. The van der Waals surface area contributed by atoms with Gasteiger partial charge in [-0.2, -0.15) is 0 Å². The van der Waals surface area contributed by atoms with Crippen LogP contribution in [-0.4, -0.2) is 84.2 Å². The summed E-state index contributed by atoms with van der Waals surface area (Å²) in [6.45, 7) is 3.32. The maximum Gasteiger partial charge on any atom is 0.261 e. The van der Waals surface area contributed by atoms with Crippen LogP contribution in [0, 0.1) is 0 Å². The van der Waals surface area contributed by atoms with E-state index in [1.165, 1.54) is 37.0 Å². The highest BCUT2D eigenvalue weighted by atomic mass is 32.1. The van der Waals surface area contributed by atoms with E-state index in [0.717, 1.165) is 10.1 Å². The van der Waals surface area contributed by atoms with Crippen molar-refractivity contribution in [2.24, 2.45) is 0 Å². The molecule has 2 aromatic rings. The number of anilines is 1. The van der Waals surface area contributed by atoms with Gasteiger partial charge in [-0.1, -0.05) is 30.6 Å². The van der Waals surface area contributed by atoms with Crippen molar-refractivity contribution in [3.63, 3.8) is 0 Å². The highest BCUT2D eigenvalue weighted by Crippen LogP contribution is 2.36. The lowest BCUT2D eigenvalue weighted by atomic mass is 9.90. The lowest BCUT2D eigenvalue weighted by molar-refractivity contribution is 0.0638. The topological polar surface area (TPSA) is 95.9 Å². The molecular weight excluding hydrogens is 466 g/mol. The zero-order chi connectivity index (χ0) is 24.4. The quantitative estimate of drug-likeness (QED) is 0.428. The summed E-state index contributed by atoms with van der Waals surface area (Å²) >= 11 is 1.69. The molecule has 35 heavy (non-hydrogen) atoms. The maximum absolute atomic E-state index is 13.2. The number of hydrogen-bond donors (Lipinski definition) is 0. The number of hydrogen-bond acceptors (Lipinski definition) is 8. The first-order valence-corrected chi connectivity index (χ1v) is 13.3. The van der Waals surface area contributed by atoms with Crippen LogP contribution in [0.15, 0.2) is 18.2 Å². The number of carbonyl (C=O) groups excluding carboxylic acids is 3. The molecule has 2 fully saturated rings. The first-order valence-electron chi connectivity index (χ1n) is 12.4. The van der Waals surface area contributed by atoms with Gasteiger partial charge in [0.15, 0.2) is 0 Å². The van der Waals surface area contributed by atoms with Crippen LogP contribution in [0.4, 0.5) is 5.13 Å². The van der Waals surface area contributed by atoms with Crippen molar-refractivity contribution >= 4 is 34.2 Å². The SMILES string of the molecule is COCCCN1C(=O)c2ccc(C(=O)N3CCN(c4nnc(C5CCCCC5)s4)CC3)cc2C1=O. The molecule has 1 aromatic carbocycles. The van der Waals surface area contributed by atoms with E-state index in [1.807, 2.05) is 0 Å². The summed E-state index contributed by atoms with van der Waals surface area (Å²) in [7, 11) is 1.59. The molecule has 1 saturated heterocycles. The number of rotatable bonds is 7. The fraction of sp³-hybridized carbons (Fsp3) is 0.560. The zero-order valence-corrected chi connectivity index (χ0v) is 20.9. The summed E-state index contributed by atoms with van der Waals surface area (Å²) in [5.41, 5.74) is 1.10. The second-order valence-electron chi connectivity index (χ2n) is 9.41. The average molecular weight is 498 g/mol. The van der Waals surface area contributed by atoms with Crippen LogP contribution in [0.5, 0.6) is 0 Å². The lowest BCUT2D eigenvalue weighted by Crippen LogP contribution is -2.48. The normalized spacial score (nSPS) is 18.9. The molecule has 5 rings (SSSR count). The standard InChI is InChI=1S/C25H31N5O4S/c1-34-15-5-10-30-23(32)19-9-8-18(16-20(19)24(30)33)22(31)28-11-13-29(14-12-28)25-27-26-21(35-25)17-6-3-2-4-7-17/h8-9,16-17H,2-7,10-15H2,1H3. The minimum absolute atomic E-state index is 0.120. The summed E-state index contributed by atoms with van der Waals surface area (Å²) in [6, 6.07) is 4.82. The predicted octanol–water partition coefficient (Wildman–Crippen LogP) is 3.18. The highest BCUT2D eigenvalue weighted by molar-refractivity contribution is 7.15. The van der Waals surface area contributed by atoms with Gasteiger partial charge in [0.05, 0.1) is 11.1 Å². The van der Waals surface area contributed by atoms with Crippen LogP contribution in [0.2, 0.25) is 0 Å². The molecular formula is C25H31N5O4S. The molecule has 10 heteroatoms. The number of amides is 3. The summed E-state index contributed by atoms with van der Waals surface area (Å²) in [5, 5.41) is 11.0. The molecule has 0 N–H and O–H groups in total. The average Bonchev–Trinajstić information content (AvgIpc) is 3.49. The number of aromatic nitrogens is 2. The van der Waals surface area contributed by atoms with E-state index in [0.29, 0.717) is 68.4 Å². The van der Waals surface area contributed by atoms with Crippen LogP contribution >= 0.6 is 11.3 Å². The summed E-state index contributed by atoms with van der Waals surface area (Å²) in [6.07, 6.45) is 6.85. The molecule has 3 aliphatic rings. The van der Waals surface area contributed by atoms with E-state index < -0.39 is 0 Å². The first kappa shape index (κ1) is 23.9. The number of benzene rings is 1. The maximum atomic E-state index is 13.2. The van der Waals surface area contributed by atoms with Gasteiger partial charge in [0.2, 0.25) is 5.13 Å². The Morgan fingerprint density at radius 3 is 2.51 bits per heavy atom. The number of imide groups is 1. The monoisotopic (exact) mass is 497 g/mol. The number of fused-ring (bicyclic) bond motifs is 1. The van der Waals surface area contributed by atoms with Gasteiger partial charge < -0.3 is 14.5 Å². The number of methoxy groups -OCH3 is 1. The van der Waals surface area contributed by atoms with Gasteiger partial charge in [0.1, 0.15) is 5.01 Å². The van der Waals surface area contributed by atoms with E-state index in [9.17, 15) is 14.4 Å². The predicted molar refractivity (Wildman–Crippen MR) is 132 cm³/mol. The highest BCUT2D eigenvalue weighted by Gasteiger charge is 2.36. The number of piperazine rings is 1. The van der Waals surface area contributed by atoms with Gasteiger partial charge in [-0.15, -0.1) is 10.2 Å². The van der Waals surface area contributed by atoms with E-state index >= 15 is 0 Å². The van der Waals surface area contributed by atoms with Crippen LogP contribution in [0.25, 0.3) is 0 Å². The van der Waals surface area contributed by atoms with Crippen molar-refractivity contribution < 1.29 is 19.1 Å². The number of carbonyl (C=O) groups is 3. The van der Waals surface area contributed by atoms with E-state index in [-0.39, 0.29) is 17.7 Å². The van der Waals surface area contributed by atoms with Crippen LogP contribution in [-0.2, 0) is 4.74 Å². The van der Waals surface area contributed by atoms with Crippen molar-refractivity contribution in [2.45, 2.75) is 44.4 Å². The molecule has 3 amide bonds. The second-order valence-corrected chi connectivity index (χ2v) is 10.4. The summed E-state index contributed by atoms with van der Waals surface area (Å²) in [5.74, 6) is -0.224. The summed E-state index contributed by atoms with van der Waals surface area (Å²) < 4.78 is 5.02. The second kappa shape index (κ2) is 10.4. The van der Waals surface area contributed by atoms with E-state index in [4.69, 9.17) is 4.74 Å². The molecule has 9 nitrogen and oxygen atoms in total. The third kappa shape index (κ3) is 4.81. The number of nitrogens with zero attached hydrogens (tertiary/aromatic N) is 5. The van der Waals surface area contributed by atoms with Crippen molar-refractivity contribution in [1.29, 1.82) is 0 Å². The van der Waals surface area contributed by atoms with Gasteiger partial charge in [-0.05, 0) is 37.5 Å². The van der Waals surface area contributed by atoms with Crippen LogP contribution < -0.4 is 4.90 Å². The van der Waals surface area contributed by atoms with Gasteiger partial charge in [0.25, 0.3) is 17.7 Å². The van der Waals surface area contributed by atoms with Crippen LogP contribution in [0.3, 0.4) is 0 Å². The van der Waals surface area contributed by atoms with Gasteiger partial charge in [-0.3, -0.25) is 19.3 Å². The fourth-order valence-corrected chi connectivity index (χ4v) is 6.21. The number of ether oxygens (including phenoxy) is 1. The molecule has 0 spiro atoms. The molecule has 0 atom stereocenters. The smallest absolute Gasteiger partial charge is 0.261 e. The largest absolute Gasteiger partial charge is 0.385 e. The third-order valence-electron chi connectivity index (χ3n) is 7.17. The zero-order valence-electron chi connectivity index (χ0n) is 20.1. The Balaban J connectivity index is 1.20. The minimum Gasteiger partial charge on any atom is -0.385 e. The molecule has 1 saturated carbocycles. The van der Waals surface area contributed by atoms with Crippen molar-refractivity contribution in [3.05, 3.63) is 39.9 Å². The van der Waals surface area contributed by atoms with Crippen LogP contribution in [0.1, 0.15) is 80.5 Å². The van der Waals surface area contributed by atoms with E-state index in [1.54, 1.807) is 41.5 Å². The third-order valence-corrected chi connectivity index (χ3v) is 8.32. The Morgan fingerprint density at radius 1 is 1.03 bits per heavy atom.